The Kier molecular flexibility index (Phi) is 8.01. The molecule has 1 amide bonds. The SMILES string of the molecule is C[C@H](Sc1nnc(CNc2ccc(Cl)cc2)n1-c1ccccc1)C(=O)N/N=C\c1cccc2ccccc12. The van der Waals surface area contributed by atoms with Crippen LogP contribution < -0.4 is 10.7 Å². The van der Waals surface area contributed by atoms with Crippen molar-refractivity contribution in [2.45, 2.75) is 23.9 Å². The van der Waals surface area contributed by atoms with Crippen LogP contribution in [0, 0.1) is 0 Å². The Labute approximate surface area is 229 Å². The lowest BCUT2D eigenvalue weighted by atomic mass is 10.1. The van der Waals surface area contributed by atoms with Gasteiger partial charge in [0.1, 0.15) is 0 Å². The number of carbonyl (C=O) groups is 1. The number of anilines is 1. The number of hydrogen-bond donors (Lipinski definition) is 2. The standard InChI is InChI=1S/C29H25ClN6OS/c1-20(28(37)34-32-18-22-10-7-9-21-8-5-6-13-26(21)22)38-29-35-33-27(36(29)25-11-3-2-4-12-25)19-31-24-16-14-23(30)15-17-24/h2-18,20,31H,19H2,1H3,(H,34,37)/b32-18-/t20-/m0/s1. The minimum atomic E-state index is -0.455. The van der Waals surface area contributed by atoms with Crippen molar-refractivity contribution < 1.29 is 4.79 Å². The van der Waals surface area contributed by atoms with Crippen LogP contribution in [-0.4, -0.2) is 32.1 Å². The average Bonchev–Trinajstić information content (AvgIpc) is 3.35. The summed E-state index contributed by atoms with van der Waals surface area (Å²) in [5, 5.41) is 19.4. The molecule has 7 nitrogen and oxygen atoms in total. The molecule has 9 heteroatoms. The maximum atomic E-state index is 12.9. The lowest BCUT2D eigenvalue weighted by Crippen LogP contribution is -2.27. The van der Waals surface area contributed by atoms with Crippen molar-refractivity contribution in [2.75, 3.05) is 5.32 Å². The number of carbonyl (C=O) groups excluding carboxylic acids is 1. The predicted octanol–water partition coefficient (Wildman–Crippen LogP) is 6.32. The highest BCUT2D eigenvalue weighted by atomic mass is 35.5. The lowest BCUT2D eigenvalue weighted by molar-refractivity contribution is -0.120. The minimum absolute atomic E-state index is 0.227. The van der Waals surface area contributed by atoms with E-state index in [2.05, 4.69) is 26.0 Å². The van der Waals surface area contributed by atoms with E-state index in [4.69, 9.17) is 11.6 Å². The van der Waals surface area contributed by atoms with E-state index in [9.17, 15) is 4.79 Å². The Morgan fingerprint density at radius 3 is 2.53 bits per heavy atom. The zero-order chi connectivity index (χ0) is 26.3. The van der Waals surface area contributed by atoms with Crippen LogP contribution in [0.1, 0.15) is 18.3 Å². The number of thioether (sulfide) groups is 1. The van der Waals surface area contributed by atoms with Gasteiger partial charge in [-0.15, -0.1) is 10.2 Å². The number of aromatic nitrogens is 3. The summed E-state index contributed by atoms with van der Waals surface area (Å²) in [4.78, 5) is 12.9. The number of para-hydroxylation sites is 1. The quantitative estimate of drug-likeness (QED) is 0.130. The van der Waals surface area contributed by atoms with Crippen molar-refractivity contribution in [1.82, 2.24) is 20.2 Å². The minimum Gasteiger partial charge on any atom is -0.378 e. The van der Waals surface area contributed by atoms with Gasteiger partial charge in [0, 0.05) is 22.0 Å². The third-order valence-electron chi connectivity index (χ3n) is 5.86. The molecule has 1 heterocycles. The molecular weight excluding hydrogens is 516 g/mol. The van der Waals surface area contributed by atoms with E-state index in [1.54, 1.807) is 6.21 Å². The first kappa shape index (κ1) is 25.5. The highest BCUT2D eigenvalue weighted by molar-refractivity contribution is 8.00. The predicted molar refractivity (Wildman–Crippen MR) is 155 cm³/mol. The van der Waals surface area contributed by atoms with Crippen LogP contribution in [0.4, 0.5) is 5.69 Å². The fourth-order valence-electron chi connectivity index (χ4n) is 3.91. The number of nitrogens with one attached hydrogen (secondary N) is 2. The molecule has 38 heavy (non-hydrogen) atoms. The zero-order valence-corrected chi connectivity index (χ0v) is 22.2. The number of nitrogens with zero attached hydrogens (tertiary/aromatic N) is 4. The van der Waals surface area contributed by atoms with Gasteiger partial charge in [0.05, 0.1) is 18.0 Å². The number of benzene rings is 4. The normalized spacial score (nSPS) is 12.1. The van der Waals surface area contributed by atoms with Crippen molar-refractivity contribution in [1.29, 1.82) is 0 Å². The molecule has 5 aromatic rings. The number of amides is 1. The van der Waals surface area contributed by atoms with E-state index < -0.39 is 5.25 Å². The monoisotopic (exact) mass is 540 g/mol. The molecule has 4 aromatic carbocycles. The summed E-state index contributed by atoms with van der Waals surface area (Å²) in [7, 11) is 0. The lowest BCUT2D eigenvalue weighted by Gasteiger charge is -2.13. The van der Waals surface area contributed by atoms with E-state index in [0.29, 0.717) is 16.7 Å². The molecule has 190 valence electrons. The molecule has 1 atom stereocenters. The highest BCUT2D eigenvalue weighted by Crippen LogP contribution is 2.26. The first-order valence-electron chi connectivity index (χ1n) is 12.0. The Morgan fingerprint density at radius 2 is 1.71 bits per heavy atom. The van der Waals surface area contributed by atoms with Crippen LogP contribution in [0.3, 0.4) is 0 Å². The Bertz CT molecular complexity index is 1560. The third-order valence-corrected chi connectivity index (χ3v) is 7.16. The van der Waals surface area contributed by atoms with E-state index >= 15 is 0 Å². The van der Waals surface area contributed by atoms with Gasteiger partial charge in [-0.2, -0.15) is 5.10 Å². The number of hydrazone groups is 1. The molecule has 5 rings (SSSR count). The van der Waals surface area contributed by atoms with Crippen LogP contribution in [0.5, 0.6) is 0 Å². The van der Waals surface area contributed by atoms with Gasteiger partial charge in [0.2, 0.25) is 0 Å². The van der Waals surface area contributed by atoms with Gasteiger partial charge in [0.25, 0.3) is 5.91 Å². The van der Waals surface area contributed by atoms with E-state index in [-0.39, 0.29) is 5.91 Å². The average molecular weight is 541 g/mol. The van der Waals surface area contributed by atoms with Crippen molar-refractivity contribution in [2.24, 2.45) is 5.10 Å². The fraction of sp³-hybridized carbons (Fsp3) is 0.103. The zero-order valence-electron chi connectivity index (χ0n) is 20.6. The Balaban J connectivity index is 1.29. The van der Waals surface area contributed by atoms with Gasteiger partial charge in [-0.05, 0) is 54.1 Å². The largest absolute Gasteiger partial charge is 0.378 e. The van der Waals surface area contributed by atoms with Gasteiger partial charge < -0.3 is 5.32 Å². The van der Waals surface area contributed by atoms with Gasteiger partial charge in [-0.1, -0.05) is 84.0 Å². The summed E-state index contributed by atoms with van der Waals surface area (Å²) in [5.41, 5.74) is 5.43. The highest BCUT2D eigenvalue weighted by Gasteiger charge is 2.21. The summed E-state index contributed by atoms with van der Waals surface area (Å²) in [5.74, 6) is 0.491. The number of fused-ring (bicyclic) bond motifs is 1. The molecule has 0 aliphatic carbocycles. The molecule has 0 fully saturated rings. The van der Waals surface area contributed by atoms with Crippen LogP contribution in [0.15, 0.2) is 107 Å². The maximum Gasteiger partial charge on any atom is 0.253 e. The summed E-state index contributed by atoms with van der Waals surface area (Å²) < 4.78 is 1.96. The number of rotatable bonds is 9. The van der Waals surface area contributed by atoms with E-state index in [1.165, 1.54) is 11.8 Å². The molecule has 0 aliphatic heterocycles. The van der Waals surface area contributed by atoms with Crippen LogP contribution in [-0.2, 0) is 11.3 Å². The second-order valence-electron chi connectivity index (χ2n) is 8.49. The second kappa shape index (κ2) is 11.9. The molecule has 0 bridgehead atoms. The molecule has 2 N–H and O–H groups in total. The topological polar surface area (TPSA) is 84.2 Å². The number of halogens is 1. The van der Waals surface area contributed by atoms with Crippen molar-refractivity contribution in [3.8, 4) is 5.69 Å². The van der Waals surface area contributed by atoms with Crippen LogP contribution in [0.2, 0.25) is 5.02 Å². The van der Waals surface area contributed by atoms with E-state index in [1.807, 2.05) is 109 Å². The van der Waals surface area contributed by atoms with Crippen molar-refractivity contribution in [3.05, 3.63) is 113 Å². The van der Waals surface area contributed by atoms with Crippen LogP contribution in [0.25, 0.3) is 16.5 Å². The smallest absolute Gasteiger partial charge is 0.253 e. The molecule has 0 radical (unpaired) electrons. The summed E-state index contributed by atoms with van der Waals surface area (Å²) in [6.07, 6.45) is 1.67. The third kappa shape index (κ3) is 6.04. The molecule has 0 unspecified atom stereocenters. The molecule has 1 aromatic heterocycles. The fourth-order valence-corrected chi connectivity index (χ4v) is 4.91. The Hall–Kier alpha value is -4.14. The van der Waals surface area contributed by atoms with Crippen molar-refractivity contribution >= 4 is 51.9 Å². The maximum absolute atomic E-state index is 12.9. The first-order valence-corrected chi connectivity index (χ1v) is 13.3. The molecule has 0 spiro atoms. The molecule has 0 saturated heterocycles. The Morgan fingerprint density at radius 1 is 0.974 bits per heavy atom. The van der Waals surface area contributed by atoms with Gasteiger partial charge in [-0.25, -0.2) is 5.43 Å². The summed E-state index contributed by atoms with van der Waals surface area (Å²) in [6, 6.07) is 31.4. The second-order valence-corrected chi connectivity index (χ2v) is 10.2. The van der Waals surface area contributed by atoms with Crippen LogP contribution >= 0.6 is 23.4 Å². The van der Waals surface area contributed by atoms with E-state index in [0.717, 1.165) is 33.5 Å². The van der Waals surface area contributed by atoms with Gasteiger partial charge in [-0.3, -0.25) is 9.36 Å². The molecule has 0 aliphatic rings. The first-order chi connectivity index (χ1) is 18.6. The van der Waals surface area contributed by atoms with Gasteiger partial charge in [0.15, 0.2) is 11.0 Å². The van der Waals surface area contributed by atoms with Gasteiger partial charge >= 0.3 is 0 Å². The summed E-state index contributed by atoms with van der Waals surface area (Å²) >= 11 is 7.32. The van der Waals surface area contributed by atoms with Crippen molar-refractivity contribution in [3.63, 3.8) is 0 Å². The molecular formula is C29H25ClN6OS. The number of hydrogen-bond acceptors (Lipinski definition) is 6. The summed E-state index contributed by atoms with van der Waals surface area (Å²) in [6.45, 7) is 2.27. The molecule has 0 saturated carbocycles.